The van der Waals surface area contributed by atoms with Gasteiger partial charge in [-0.3, -0.25) is 0 Å². The molecule has 0 saturated heterocycles. The fourth-order valence-corrected chi connectivity index (χ4v) is 2.93. The molecule has 1 atom stereocenters. The van der Waals surface area contributed by atoms with E-state index in [-0.39, 0.29) is 11.7 Å². The minimum Gasteiger partial charge on any atom is -0.377 e. The molecule has 0 heterocycles. The Morgan fingerprint density at radius 1 is 1.21 bits per heavy atom. The zero-order valence-corrected chi connectivity index (χ0v) is 12.8. The summed E-state index contributed by atoms with van der Waals surface area (Å²) in [6.45, 7) is 0. The van der Waals surface area contributed by atoms with Gasteiger partial charge >= 0.3 is 0 Å². The Kier molecular flexibility index (Phi) is 4.44. The van der Waals surface area contributed by atoms with Crippen LogP contribution in [-0.4, -0.2) is 14.1 Å². The maximum atomic E-state index is 14.2. The normalized spacial score (nSPS) is 19.5. The third-order valence-electron chi connectivity index (χ3n) is 3.10. The summed E-state index contributed by atoms with van der Waals surface area (Å²) < 4.78 is 14.2. The summed E-state index contributed by atoms with van der Waals surface area (Å²) in [5.74, 6) is -0.583. The standard InChI is InChI=1S/C14H13Cl3FN/c1-19(2)13-5-3-4-12(18)14(13)8-6-10(16)11(17)7-9(8)15/h3-5,7-8H,6H2,1-2H3. The minimum absolute atomic E-state index is 0.287. The fourth-order valence-electron chi connectivity index (χ4n) is 2.17. The Bertz CT molecular complexity index is 564. The van der Waals surface area contributed by atoms with Crippen LogP contribution in [0.4, 0.5) is 10.1 Å². The van der Waals surface area contributed by atoms with Gasteiger partial charge < -0.3 is 4.90 Å². The van der Waals surface area contributed by atoms with E-state index in [1.54, 1.807) is 12.1 Å². The smallest absolute Gasteiger partial charge is 0.129 e. The van der Waals surface area contributed by atoms with Crippen molar-refractivity contribution in [2.24, 2.45) is 0 Å². The van der Waals surface area contributed by atoms with Gasteiger partial charge in [0.15, 0.2) is 0 Å². The average molecular weight is 321 g/mol. The van der Waals surface area contributed by atoms with E-state index in [1.165, 1.54) is 6.07 Å². The molecule has 0 aliphatic heterocycles. The molecule has 2 rings (SSSR count). The topological polar surface area (TPSA) is 3.24 Å². The first kappa shape index (κ1) is 14.7. The van der Waals surface area contributed by atoms with Crippen molar-refractivity contribution >= 4 is 40.5 Å². The van der Waals surface area contributed by atoms with Gasteiger partial charge in [-0.1, -0.05) is 40.9 Å². The Morgan fingerprint density at radius 3 is 2.53 bits per heavy atom. The SMILES string of the molecule is CN(C)c1cccc(F)c1C1CC(Cl)=C(Cl)C=C1Cl. The largest absolute Gasteiger partial charge is 0.377 e. The van der Waals surface area contributed by atoms with Gasteiger partial charge in [0, 0.05) is 41.3 Å². The summed E-state index contributed by atoms with van der Waals surface area (Å²) in [5, 5.41) is 1.43. The molecule has 19 heavy (non-hydrogen) atoms. The fraction of sp³-hybridized carbons (Fsp3) is 0.286. The van der Waals surface area contributed by atoms with Crippen molar-refractivity contribution in [1.82, 2.24) is 0 Å². The lowest BCUT2D eigenvalue weighted by Crippen LogP contribution is -2.16. The Hall–Kier alpha value is -0.700. The van der Waals surface area contributed by atoms with Crippen LogP contribution in [0.15, 0.2) is 39.4 Å². The number of anilines is 1. The van der Waals surface area contributed by atoms with Gasteiger partial charge in [0.05, 0.1) is 5.03 Å². The van der Waals surface area contributed by atoms with E-state index in [0.29, 0.717) is 27.1 Å². The van der Waals surface area contributed by atoms with Gasteiger partial charge in [0.25, 0.3) is 0 Å². The first-order chi connectivity index (χ1) is 8.91. The van der Waals surface area contributed by atoms with E-state index in [9.17, 15) is 4.39 Å². The third-order valence-corrected chi connectivity index (χ3v) is 4.26. The first-order valence-corrected chi connectivity index (χ1v) is 6.92. The molecule has 0 fully saturated rings. The van der Waals surface area contributed by atoms with Gasteiger partial charge in [-0.2, -0.15) is 0 Å². The minimum atomic E-state index is -0.296. The van der Waals surface area contributed by atoms with E-state index >= 15 is 0 Å². The van der Waals surface area contributed by atoms with E-state index in [4.69, 9.17) is 34.8 Å². The molecule has 0 spiro atoms. The van der Waals surface area contributed by atoms with Crippen molar-refractivity contribution in [2.75, 3.05) is 19.0 Å². The molecule has 0 aromatic heterocycles. The van der Waals surface area contributed by atoms with Crippen molar-refractivity contribution in [3.8, 4) is 0 Å². The number of rotatable bonds is 2. The van der Waals surface area contributed by atoms with Crippen LogP contribution in [0.2, 0.25) is 0 Å². The molecule has 1 aromatic rings. The van der Waals surface area contributed by atoms with Crippen LogP contribution in [-0.2, 0) is 0 Å². The molecule has 5 heteroatoms. The molecule has 0 N–H and O–H groups in total. The Morgan fingerprint density at radius 2 is 1.89 bits per heavy atom. The van der Waals surface area contributed by atoms with Crippen LogP contribution >= 0.6 is 34.8 Å². The van der Waals surface area contributed by atoms with Gasteiger partial charge in [0.1, 0.15) is 5.82 Å². The number of hydrogen-bond acceptors (Lipinski definition) is 1. The highest BCUT2D eigenvalue weighted by molar-refractivity contribution is 6.42. The van der Waals surface area contributed by atoms with Crippen molar-refractivity contribution in [3.63, 3.8) is 0 Å². The molecule has 1 nitrogen and oxygen atoms in total. The molecule has 0 amide bonds. The predicted octanol–water partition coefficient (Wildman–Crippen LogP) is 5.19. The molecule has 0 saturated carbocycles. The molecule has 102 valence electrons. The highest BCUT2D eigenvalue weighted by atomic mass is 35.5. The lowest BCUT2D eigenvalue weighted by molar-refractivity contribution is 0.596. The van der Waals surface area contributed by atoms with Crippen LogP contribution in [0, 0.1) is 5.82 Å². The molecule has 1 aliphatic rings. The maximum absolute atomic E-state index is 14.2. The van der Waals surface area contributed by atoms with Crippen molar-refractivity contribution < 1.29 is 4.39 Å². The molecular formula is C14H13Cl3FN. The quantitative estimate of drug-likeness (QED) is 0.724. The molecule has 0 bridgehead atoms. The van der Waals surface area contributed by atoms with Gasteiger partial charge in [-0.15, -0.1) is 0 Å². The average Bonchev–Trinajstić information content (AvgIpc) is 2.34. The second-order valence-corrected chi connectivity index (χ2v) is 5.91. The van der Waals surface area contributed by atoms with E-state index in [0.717, 1.165) is 5.69 Å². The van der Waals surface area contributed by atoms with Crippen molar-refractivity contribution in [3.05, 3.63) is 50.8 Å². The van der Waals surface area contributed by atoms with Crippen molar-refractivity contribution in [1.29, 1.82) is 0 Å². The van der Waals surface area contributed by atoms with Crippen LogP contribution in [0.25, 0.3) is 0 Å². The summed E-state index contributed by atoms with van der Waals surface area (Å²) >= 11 is 18.2. The Labute approximate surface area is 127 Å². The molecule has 1 aliphatic carbocycles. The molecule has 1 aromatic carbocycles. The molecular weight excluding hydrogens is 308 g/mol. The van der Waals surface area contributed by atoms with Crippen LogP contribution < -0.4 is 4.90 Å². The van der Waals surface area contributed by atoms with E-state index in [1.807, 2.05) is 25.1 Å². The number of hydrogen-bond donors (Lipinski definition) is 0. The summed E-state index contributed by atoms with van der Waals surface area (Å²) in [4.78, 5) is 1.86. The van der Waals surface area contributed by atoms with Crippen LogP contribution in [0.5, 0.6) is 0 Å². The first-order valence-electron chi connectivity index (χ1n) is 5.78. The molecule has 0 radical (unpaired) electrons. The summed E-state index contributed by atoms with van der Waals surface area (Å²) in [5.41, 5.74) is 1.34. The van der Waals surface area contributed by atoms with Gasteiger partial charge in [-0.25, -0.2) is 4.39 Å². The number of nitrogens with zero attached hydrogens (tertiary/aromatic N) is 1. The summed E-state index contributed by atoms with van der Waals surface area (Å²) in [6.07, 6.45) is 2.00. The second-order valence-electron chi connectivity index (χ2n) is 4.61. The van der Waals surface area contributed by atoms with Crippen molar-refractivity contribution in [2.45, 2.75) is 12.3 Å². The maximum Gasteiger partial charge on any atom is 0.129 e. The number of benzene rings is 1. The zero-order valence-electron chi connectivity index (χ0n) is 10.6. The van der Waals surface area contributed by atoms with Crippen LogP contribution in [0.3, 0.4) is 0 Å². The van der Waals surface area contributed by atoms with Gasteiger partial charge in [-0.05, 0) is 24.6 Å². The van der Waals surface area contributed by atoms with E-state index < -0.39 is 0 Å². The lowest BCUT2D eigenvalue weighted by atomic mass is 9.90. The van der Waals surface area contributed by atoms with Crippen LogP contribution in [0.1, 0.15) is 17.9 Å². The summed E-state index contributed by atoms with van der Waals surface area (Å²) in [6, 6.07) is 4.97. The molecule has 1 unspecified atom stereocenters. The second kappa shape index (κ2) is 5.74. The number of allylic oxidation sites excluding steroid dienone is 4. The monoisotopic (exact) mass is 319 g/mol. The summed E-state index contributed by atoms with van der Waals surface area (Å²) in [7, 11) is 3.73. The predicted molar refractivity (Wildman–Crippen MR) is 80.8 cm³/mol. The third kappa shape index (κ3) is 2.91. The van der Waals surface area contributed by atoms with E-state index in [2.05, 4.69) is 0 Å². The highest BCUT2D eigenvalue weighted by Crippen LogP contribution is 2.44. The van der Waals surface area contributed by atoms with Gasteiger partial charge in [0.2, 0.25) is 0 Å². The zero-order chi connectivity index (χ0) is 14.2. The highest BCUT2D eigenvalue weighted by Gasteiger charge is 2.27. The lowest BCUT2D eigenvalue weighted by Gasteiger charge is -2.26. The number of halogens is 4. The Balaban J connectivity index is 2.52.